The van der Waals surface area contributed by atoms with Gasteiger partial charge in [0.15, 0.2) is 0 Å². The van der Waals surface area contributed by atoms with Crippen molar-refractivity contribution < 1.29 is 5.11 Å². The monoisotopic (exact) mass is 252 g/mol. The lowest BCUT2D eigenvalue weighted by atomic mass is 9.78. The van der Waals surface area contributed by atoms with Crippen molar-refractivity contribution in [2.75, 3.05) is 0 Å². The Morgan fingerprint density at radius 1 is 1.11 bits per heavy atom. The van der Waals surface area contributed by atoms with E-state index in [1.807, 2.05) is 6.07 Å². The van der Waals surface area contributed by atoms with Crippen molar-refractivity contribution in [3.8, 4) is 0 Å². The summed E-state index contributed by atoms with van der Waals surface area (Å²) in [6, 6.07) is 16.9. The molecule has 0 radical (unpaired) electrons. The lowest BCUT2D eigenvalue weighted by Gasteiger charge is -2.30. The zero-order valence-electron chi connectivity index (χ0n) is 11.3. The van der Waals surface area contributed by atoms with E-state index in [0.717, 1.165) is 24.8 Å². The van der Waals surface area contributed by atoms with E-state index in [1.54, 1.807) is 0 Å². The van der Waals surface area contributed by atoms with E-state index in [1.165, 1.54) is 16.7 Å². The highest BCUT2D eigenvalue weighted by atomic mass is 16.3. The minimum atomic E-state index is -0.314. The van der Waals surface area contributed by atoms with Crippen molar-refractivity contribution in [3.63, 3.8) is 0 Å². The van der Waals surface area contributed by atoms with E-state index in [2.05, 4.69) is 49.4 Å². The summed E-state index contributed by atoms with van der Waals surface area (Å²) >= 11 is 0. The van der Waals surface area contributed by atoms with Crippen LogP contribution >= 0.6 is 0 Å². The molecule has 2 unspecified atom stereocenters. The van der Waals surface area contributed by atoms with Crippen LogP contribution in [0.1, 0.15) is 34.8 Å². The highest BCUT2D eigenvalue weighted by Crippen LogP contribution is 2.36. The van der Waals surface area contributed by atoms with Crippen molar-refractivity contribution in [2.45, 2.75) is 32.3 Å². The Morgan fingerprint density at radius 2 is 1.95 bits per heavy atom. The van der Waals surface area contributed by atoms with Crippen LogP contribution in [0.3, 0.4) is 0 Å². The van der Waals surface area contributed by atoms with Gasteiger partial charge in [-0.2, -0.15) is 0 Å². The molecule has 0 fully saturated rings. The normalized spacial score (nSPS) is 22.0. The first-order valence-electron chi connectivity index (χ1n) is 7.05. The predicted molar refractivity (Wildman–Crippen MR) is 78.1 cm³/mol. The molecule has 1 N–H and O–H groups in total. The molecule has 0 spiro atoms. The van der Waals surface area contributed by atoms with Gasteiger partial charge in [0.05, 0.1) is 6.10 Å². The first kappa shape index (κ1) is 12.4. The molecule has 1 aliphatic carbocycles. The zero-order valence-corrected chi connectivity index (χ0v) is 11.3. The summed E-state index contributed by atoms with van der Waals surface area (Å²) < 4.78 is 0. The molecule has 1 nitrogen and oxygen atoms in total. The molecule has 98 valence electrons. The van der Waals surface area contributed by atoms with Gasteiger partial charge in [0.2, 0.25) is 0 Å². The number of hydrogen-bond donors (Lipinski definition) is 1. The predicted octanol–water partition coefficient (Wildman–Crippen LogP) is 3.83. The van der Waals surface area contributed by atoms with E-state index >= 15 is 0 Å². The fourth-order valence-corrected chi connectivity index (χ4v) is 3.16. The van der Waals surface area contributed by atoms with Crippen LogP contribution in [0.15, 0.2) is 48.5 Å². The second-order valence-electron chi connectivity index (χ2n) is 5.64. The van der Waals surface area contributed by atoms with Gasteiger partial charge in [-0.15, -0.1) is 0 Å². The summed E-state index contributed by atoms with van der Waals surface area (Å²) in [7, 11) is 0. The number of aliphatic hydroxyl groups is 1. The van der Waals surface area contributed by atoms with Crippen molar-refractivity contribution >= 4 is 0 Å². The fourth-order valence-electron chi connectivity index (χ4n) is 3.16. The molecule has 0 saturated heterocycles. The van der Waals surface area contributed by atoms with Crippen LogP contribution in [0.5, 0.6) is 0 Å². The second kappa shape index (κ2) is 5.18. The molecule has 3 rings (SSSR count). The highest BCUT2D eigenvalue weighted by molar-refractivity contribution is 5.32. The minimum Gasteiger partial charge on any atom is -0.388 e. The van der Waals surface area contributed by atoms with E-state index in [9.17, 15) is 5.11 Å². The Labute approximate surface area is 114 Å². The molecule has 19 heavy (non-hydrogen) atoms. The Hall–Kier alpha value is -1.60. The number of fused-ring (bicyclic) bond motifs is 1. The Bertz CT molecular complexity index is 573. The Morgan fingerprint density at radius 3 is 2.79 bits per heavy atom. The molecule has 1 heteroatoms. The van der Waals surface area contributed by atoms with Gasteiger partial charge in [0, 0.05) is 0 Å². The molecule has 2 atom stereocenters. The van der Waals surface area contributed by atoms with Gasteiger partial charge in [-0.25, -0.2) is 0 Å². The lowest BCUT2D eigenvalue weighted by Crippen LogP contribution is -2.22. The van der Waals surface area contributed by atoms with Gasteiger partial charge in [-0.3, -0.25) is 0 Å². The van der Waals surface area contributed by atoms with Crippen LogP contribution in [0, 0.1) is 12.8 Å². The Balaban J connectivity index is 1.81. The SMILES string of the molecule is Cc1cccc(CC2CCc3ccccc3C2O)c1. The summed E-state index contributed by atoms with van der Waals surface area (Å²) in [6.07, 6.45) is 2.82. The molecule has 0 saturated carbocycles. The molecular formula is C18H20O. The third kappa shape index (κ3) is 2.57. The van der Waals surface area contributed by atoms with Crippen molar-refractivity contribution in [3.05, 3.63) is 70.8 Å². The number of rotatable bonds is 2. The molecule has 0 heterocycles. The first-order valence-corrected chi connectivity index (χ1v) is 7.05. The first-order chi connectivity index (χ1) is 9.24. The molecule has 0 amide bonds. The summed E-state index contributed by atoms with van der Waals surface area (Å²) in [5, 5.41) is 10.6. The summed E-state index contributed by atoms with van der Waals surface area (Å²) in [6.45, 7) is 2.12. The molecule has 2 aromatic rings. The molecule has 0 aromatic heterocycles. The van der Waals surface area contributed by atoms with Crippen molar-refractivity contribution in [2.24, 2.45) is 5.92 Å². The maximum Gasteiger partial charge on any atom is 0.0824 e. The van der Waals surface area contributed by atoms with Crippen molar-refractivity contribution in [1.82, 2.24) is 0 Å². The van der Waals surface area contributed by atoms with Crippen molar-refractivity contribution in [1.29, 1.82) is 0 Å². The van der Waals surface area contributed by atoms with E-state index in [0.29, 0.717) is 5.92 Å². The molecule has 0 bridgehead atoms. The van der Waals surface area contributed by atoms with Crippen LogP contribution in [0.4, 0.5) is 0 Å². The average molecular weight is 252 g/mol. The van der Waals surface area contributed by atoms with E-state index in [-0.39, 0.29) is 6.10 Å². The van der Waals surface area contributed by atoms with Crippen LogP contribution in [0.25, 0.3) is 0 Å². The summed E-state index contributed by atoms with van der Waals surface area (Å²) in [5.74, 6) is 0.344. The number of aliphatic hydroxyl groups excluding tert-OH is 1. The smallest absolute Gasteiger partial charge is 0.0824 e. The maximum atomic E-state index is 10.6. The average Bonchev–Trinajstić information content (AvgIpc) is 2.42. The molecular weight excluding hydrogens is 232 g/mol. The standard InChI is InChI=1S/C18H20O/c1-13-5-4-6-14(11-13)12-16-10-9-15-7-2-3-8-17(15)18(16)19/h2-8,11,16,18-19H,9-10,12H2,1H3. The number of hydrogen-bond acceptors (Lipinski definition) is 1. The fraction of sp³-hybridized carbons (Fsp3) is 0.333. The van der Waals surface area contributed by atoms with Gasteiger partial charge in [0.1, 0.15) is 0 Å². The summed E-state index contributed by atoms with van der Waals surface area (Å²) in [5.41, 5.74) is 5.08. The van der Waals surface area contributed by atoms with Gasteiger partial charge >= 0.3 is 0 Å². The third-order valence-electron chi connectivity index (χ3n) is 4.19. The van der Waals surface area contributed by atoms with Crippen LogP contribution < -0.4 is 0 Å². The minimum absolute atomic E-state index is 0.314. The van der Waals surface area contributed by atoms with Gasteiger partial charge in [-0.05, 0) is 48.8 Å². The largest absolute Gasteiger partial charge is 0.388 e. The highest BCUT2D eigenvalue weighted by Gasteiger charge is 2.27. The van der Waals surface area contributed by atoms with Crippen LogP contribution in [-0.2, 0) is 12.8 Å². The number of benzene rings is 2. The lowest BCUT2D eigenvalue weighted by molar-refractivity contribution is 0.0936. The molecule has 1 aliphatic rings. The summed E-state index contributed by atoms with van der Waals surface area (Å²) in [4.78, 5) is 0. The van der Waals surface area contributed by atoms with E-state index in [4.69, 9.17) is 0 Å². The molecule has 2 aromatic carbocycles. The second-order valence-corrected chi connectivity index (χ2v) is 5.64. The Kier molecular flexibility index (Phi) is 3.39. The zero-order chi connectivity index (χ0) is 13.2. The number of aryl methyl sites for hydroxylation is 2. The van der Waals surface area contributed by atoms with Crippen LogP contribution in [-0.4, -0.2) is 5.11 Å². The van der Waals surface area contributed by atoms with Gasteiger partial charge < -0.3 is 5.11 Å². The van der Waals surface area contributed by atoms with E-state index < -0.39 is 0 Å². The van der Waals surface area contributed by atoms with Crippen LogP contribution in [0.2, 0.25) is 0 Å². The molecule has 0 aliphatic heterocycles. The van der Waals surface area contributed by atoms with Gasteiger partial charge in [0.25, 0.3) is 0 Å². The van der Waals surface area contributed by atoms with Gasteiger partial charge in [-0.1, -0.05) is 54.1 Å². The quantitative estimate of drug-likeness (QED) is 0.861. The maximum absolute atomic E-state index is 10.6. The third-order valence-corrected chi connectivity index (χ3v) is 4.19. The topological polar surface area (TPSA) is 20.2 Å².